The van der Waals surface area contributed by atoms with E-state index in [9.17, 15) is 0 Å². The Morgan fingerprint density at radius 2 is 0.559 bits per heavy atom. The summed E-state index contributed by atoms with van der Waals surface area (Å²) in [5.74, 6) is -0.732. The Hall–Kier alpha value is -3.18. The summed E-state index contributed by atoms with van der Waals surface area (Å²) in [6.45, 7) is 0. The van der Waals surface area contributed by atoms with Crippen LogP contribution in [0.1, 0.15) is 0 Å². The number of hydrogen-bond acceptors (Lipinski definition) is 0. The van der Waals surface area contributed by atoms with Crippen molar-refractivity contribution in [3.8, 4) is 0 Å². The molecule has 0 heterocycles. The Balaban J connectivity index is 1.83. The molecule has 0 aliphatic carbocycles. The quantitative estimate of drug-likeness (QED) is 0.281. The van der Waals surface area contributed by atoms with Gasteiger partial charge in [-0.2, -0.15) is 0 Å². The normalized spacial score (nSPS) is 11.2. The molecule has 0 aliphatic rings. The fourth-order valence-corrected chi connectivity index (χ4v) is 9.40. The lowest BCUT2D eigenvalue weighted by molar-refractivity contribution is 0.614. The van der Waals surface area contributed by atoms with Gasteiger partial charge in [-0.25, -0.2) is 8.78 Å². The molecule has 166 valence electrons. The first-order valence-corrected chi connectivity index (χ1v) is 13.7. The standard InChI is InChI=1S/C30H22F2P2/c31-27-21-22-28(32)30(34(25-17-9-3-10-18-25)26-19-11-4-12-20-26)29(27)33(23-13-5-1-6-14-23)24-15-7-2-8-16-24/h1-22H. The maximum absolute atomic E-state index is 15.9. The van der Waals surface area contributed by atoms with Crippen LogP contribution in [0.4, 0.5) is 8.78 Å². The summed E-state index contributed by atoms with van der Waals surface area (Å²) < 4.78 is 31.8. The smallest absolute Gasteiger partial charge is 0.132 e. The maximum atomic E-state index is 15.9. The second kappa shape index (κ2) is 10.4. The van der Waals surface area contributed by atoms with Crippen LogP contribution >= 0.6 is 15.8 Å². The maximum Gasteiger partial charge on any atom is 0.132 e. The van der Waals surface area contributed by atoms with Gasteiger partial charge in [0.15, 0.2) is 0 Å². The summed E-state index contributed by atoms with van der Waals surface area (Å²) >= 11 is 0. The van der Waals surface area contributed by atoms with Crippen LogP contribution in [0.2, 0.25) is 0 Å². The summed E-state index contributed by atoms with van der Waals surface area (Å²) in [5, 5.41) is 4.89. The van der Waals surface area contributed by atoms with Crippen molar-refractivity contribution in [3.05, 3.63) is 145 Å². The fraction of sp³-hybridized carbons (Fsp3) is 0. The predicted molar refractivity (Wildman–Crippen MR) is 144 cm³/mol. The molecule has 0 aliphatic heterocycles. The van der Waals surface area contributed by atoms with Gasteiger partial charge in [-0.3, -0.25) is 0 Å². The summed E-state index contributed by atoms with van der Waals surface area (Å²) in [5.41, 5.74) is 0. The zero-order valence-electron chi connectivity index (χ0n) is 18.4. The third-order valence-electron chi connectivity index (χ3n) is 5.56. The van der Waals surface area contributed by atoms with Crippen molar-refractivity contribution >= 4 is 47.7 Å². The van der Waals surface area contributed by atoms with E-state index >= 15 is 8.78 Å². The van der Waals surface area contributed by atoms with E-state index in [0.29, 0.717) is 10.6 Å². The van der Waals surface area contributed by atoms with Crippen LogP contribution in [0.3, 0.4) is 0 Å². The second-order valence-electron chi connectivity index (χ2n) is 7.74. The molecular weight excluding hydrogens is 460 g/mol. The molecule has 0 amide bonds. The molecule has 0 fully saturated rings. The predicted octanol–water partition coefficient (Wildman–Crippen LogP) is 5.48. The lowest BCUT2D eigenvalue weighted by Gasteiger charge is -2.28. The van der Waals surface area contributed by atoms with Crippen LogP contribution < -0.4 is 31.8 Å². The molecule has 5 aromatic carbocycles. The number of rotatable bonds is 6. The van der Waals surface area contributed by atoms with E-state index in [1.54, 1.807) is 0 Å². The Morgan fingerprint density at radius 3 is 0.794 bits per heavy atom. The fourth-order valence-electron chi connectivity index (χ4n) is 4.08. The topological polar surface area (TPSA) is 0 Å². The van der Waals surface area contributed by atoms with Crippen molar-refractivity contribution < 1.29 is 8.78 Å². The van der Waals surface area contributed by atoms with E-state index < -0.39 is 15.8 Å². The molecule has 0 nitrogen and oxygen atoms in total. The van der Waals surface area contributed by atoms with E-state index in [1.807, 2.05) is 121 Å². The first kappa shape index (κ1) is 22.6. The van der Waals surface area contributed by atoms with Crippen molar-refractivity contribution in [2.75, 3.05) is 0 Å². The van der Waals surface area contributed by atoms with Crippen LogP contribution in [0, 0.1) is 11.6 Å². The molecule has 0 saturated heterocycles. The molecule has 0 atom stereocenters. The number of benzene rings is 5. The molecule has 0 N–H and O–H groups in total. The van der Waals surface area contributed by atoms with Crippen LogP contribution in [0.25, 0.3) is 0 Å². The Labute approximate surface area is 201 Å². The molecule has 5 aromatic rings. The minimum absolute atomic E-state index is 0.366. The zero-order chi connectivity index (χ0) is 23.3. The van der Waals surface area contributed by atoms with Gasteiger partial charge in [-0.05, 0) is 49.2 Å². The molecule has 0 unspecified atom stereocenters. The SMILES string of the molecule is Fc1ccc(F)c(P(c2ccccc2)c2ccccc2)c1P(c1ccccc1)c1ccccc1. The average molecular weight is 482 g/mol. The zero-order valence-corrected chi connectivity index (χ0v) is 20.1. The average Bonchev–Trinajstić information content (AvgIpc) is 2.90. The van der Waals surface area contributed by atoms with Crippen LogP contribution in [-0.2, 0) is 0 Å². The van der Waals surface area contributed by atoms with Crippen molar-refractivity contribution in [1.82, 2.24) is 0 Å². The lowest BCUT2D eigenvalue weighted by atomic mass is 10.3. The molecule has 0 aromatic heterocycles. The van der Waals surface area contributed by atoms with Gasteiger partial charge < -0.3 is 0 Å². The molecule has 0 bridgehead atoms. The van der Waals surface area contributed by atoms with Gasteiger partial charge in [0, 0.05) is 10.6 Å². The number of halogens is 2. The lowest BCUT2D eigenvalue weighted by Crippen LogP contribution is -2.38. The summed E-state index contributed by atoms with van der Waals surface area (Å²) in [6.07, 6.45) is 0. The van der Waals surface area contributed by atoms with E-state index in [4.69, 9.17) is 0 Å². The molecule has 5 rings (SSSR count). The van der Waals surface area contributed by atoms with Crippen molar-refractivity contribution in [3.63, 3.8) is 0 Å². The van der Waals surface area contributed by atoms with Gasteiger partial charge in [-0.1, -0.05) is 121 Å². The highest BCUT2D eigenvalue weighted by Crippen LogP contribution is 2.40. The van der Waals surface area contributed by atoms with E-state index in [0.717, 1.165) is 21.2 Å². The van der Waals surface area contributed by atoms with Crippen LogP contribution in [0.5, 0.6) is 0 Å². The molecule has 34 heavy (non-hydrogen) atoms. The van der Waals surface area contributed by atoms with Gasteiger partial charge in [0.25, 0.3) is 0 Å². The summed E-state index contributed by atoms with van der Waals surface area (Å²) in [6, 6.07) is 42.1. The van der Waals surface area contributed by atoms with Crippen molar-refractivity contribution in [1.29, 1.82) is 0 Å². The highest BCUT2D eigenvalue weighted by Gasteiger charge is 2.31. The monoisotopic (exact) mass is 482 g/mol. The molecule has 0 radical (unpaired) electrons. The van der Waals surface area contributed by atoms with E-state index in [1.165, 1.54) is 12.1 Å². The van der Waals surface area contributed by atoms with Crippen LogP contribution in [-0.4, -0.2) is 0 Å². The minimum Gasteiger partial charge on any atom is -0.206 e. The third kappa shape index (κ3) is 4.58. The van der Waals surface area contributed by atoms with Crippen molar-refractivity contribution in [2.45, 2.75) is 0 Å². The molecular formula is C30H22F2P2. The van der Waals surface area contributed by atoms with Gasteiger partial charge in [0.2, 0.25) is 0 Å². The Bertz CT molecular complexity index is 1170. The highest BCUT2D eigenvalue weighted by molar-refractivity contribution is 7.85. The third-order valence-corrected chi connectivity index (χ3v) is 10.8. The second-order valence-corrected chi connectivity index (χ2v) is 12.0. The van der Waals surface area contributed by atoms with Gasteiger partial charge in [-0.15, -0.1) is 0 Å². The van der Waals surface area contributed by atoms with Crippen LogP contribution in [0.15, 0.2) is 133 Å². The van der Waals surface area contributed by atoms with Gasteiger partial charge >= 0.3 is 0 Å². The Kier molecular flexibility index (Phi) is 6.91. The van der Waals surface area contributed by atoms with Gasteiger partial charge in [0.1, 0.15) is 11.6 Å². The largest absolute Gasteiger partial charge is 0.206 e. The number of hydrogen-bond donors (Lipinski definition) is 0. The van der Waals surface area contributed by atoms with Gasteiger partial charge in [0.05, 0.1) is 0 Å². The summed E-state index contributed by atoms with van der Waals surface area (Å²) in [4.78, 5) is 0. The molecule has 4 heteroatoms. The van der Waals surface area contributed by atoms with E-state index in [-0.39, 0.29) is 11.6 Å². The minimum atomic E-state index is -1.32. The van der Waals surface area contributed by atoms with Crippen molar-refractivity contribution in [2.24, 2.45) is 0 Å². The summed E-state index contributed by atoms with van der Waals surface area (Å²) in [7, 11) is -2.63. The molecule has 0 saturated carbocycles. The molecule has 0 spiro atoms. The highest BCUT2D eigenvalue weighted by atomic mass is 31.1. The Morgan fingerprint density at radius 1 is 0.324 bits per heavy atom. The van der Waals surface area contributed by atoms with E-state index in [2.05, 4.69) is 0 Å². The first-order chi connectivity index (χ1) is 16.7. The first-order valence-electron chi connectivity index (χ1n) is 11.0.